The van der Waals surface area contributed by atoms with Gasteiger partial charge in [-0.3, -0.25) is 4.79 Å². The van der Waals surface area contributed by atoms with Gasteiger partial charge in [-0.25, -0.2) is 13.6 Å². The van der Waals surface area contributed by atoms with Crippen molar-refractivity contribution in [3.8, 4) is 0 Å². The summed E-state index contributed by atoms with van der Waals surface area (Å²) in [4.78, 5) is 26.0. The molecular weight excluding hydrogens is 316 g/mol. The summed E-state index contributed by atoms with van der Waals surface area (Å²) in [5.41, 5.74) is -0.441. The fourth-order valence-electron chi connectivity index (χ4n) is 2.62. The van der Waals surface area contributed by atoms with Crippen LogP contribution in [0.4, 0.5) is 19.3 Å². The normalized spacial score (nSPS) is 17.7. The first-order valence-corrected chi connectivity index (χ1v) is 8.16. The van der Waals surface area contributed by atoms with Crippen LogP contribution in [0.1, 0.15) is 26.7 Å². The average Bonchev–Trinajstić information content (AvgIpc) is 2.56. The fraction of sp³-hybridized carbons (Fsp3) is 0.529. The van der Waals surface area contributed by atoms with E-state index >= 15 is 0 Å². The zero-order valence-corrected chi connectivity index (χ0v) is 13.9. The van der Waals surface area contributed by atoms with Crippen LogP contribution in [0.25, 0.3) is 0 Å². The number of halogens is 2. The molecular formula is C17H23F2N3O2. The molecule has 1 atom stereocenters. The van der Waals surface area contributed by atoms with Gasteiger partial charge in [-0.15, -0.1) is 0 Å². The van der Waals surface area contributed by atoms with Crippen molar-refractivity contribution in [2.45, 2.75) is 26.7 Å². The second-order valence-electron chi connectivity index (χ2n) is 6.45. The van der Waals surface area contributed by atoms with Crippen LogP contribution in [0.15, 0.2) is 18.2 Å². The van der Waals surface area contributed by atoms with Gasteiger partial charge in [0, 0.05) is 19.6 Å². The molecule has 24 heavy (non-hydrogen) atoms. The van der Waals surface area contributed by atoms with Gasteiger partial charge in [0.05, 0.1) is 5.92 Å². The highest BCUT2D eigenvalue weighted by molar-refractivity contribution is 5.93. The Morgan fingerprint density at radius 1 is 1.29 bits per heavy atom. The fourth-order valence-corrected chi connectivity index (χ4v) is 2.62. The number of amides is 3. The zero-order chi connectivity index (χ0) is 17.7. The lowest BCUT2D eigenvalue weighted by atomic mass is 9.97. The first-order valence-electron chi connectivity index (χ1n) is 8.16. The molecule has 7 heteroatoms. The number of nitrogens with zero attached hydrogens (tertiary/aromatic N) is 1. The van der Waals surface area contributed by atoms with Gasteiger partial charge in [-0.1, -0.05) is 19.9 Å². The highest BCUT2D eigenvalue weighted by Gasteiger charge is 2.29. The summed E-state index contributed by atoms with van der Waals surface area (Å²) in [6.07, 6.45) is 1.25. The van der Waals surface area contributed by atoms with Gasteiger partial charge in [-0.05, 0) is 30.9 Å². The van der Waals surface area contributed by atoms with E-state index in [1.807, 2.05) is 13.8 Å². The van der Waals surface area contributed by atoms with E-state index in [9.17, 15) is 18.4 Å². The molecule has 2 N–H and O–H groups in total. The number of hydrogen-bond acceptors (Lipinski definition) is 2. The van der Waals surface area contributed by atoms with Crippen LogP contribution in [-0.2, 0) is 4.79 Å². The van der Waals surface area contributed by atoms with Crippen LogP contribution in [0.3, 0.4) is 0 Å². The van der Waals surface area contributed by atoms with Gasteiger partial charge >= 0.3 is 6.03 Å². The SMILES string of the molecule is CC(C)CNC(=O)N1CCCC(C(=O)Nc2c(F)cccc2F)C1. The molecule has 0 aromatic heterocycles. The monoisotopic (exact) mass is 339 g/mol. The Bertz CT molecular complexity index is 587. The largest absolute Gasteiger partial charge is 0.338 e. The molecule has 1 aliphatic heterocycles. The van der Waals surface area contributed by atoms with Crippen molar-refractivity contribution in [2.24, 2.45) is 11.8 Å². The lowest BCUT2D eigenvalue weighted by Crippen LogP contribution is -2.48. The Kier molecular flexibility index (Phi) is 6.11. The molecule has 1 saturated heterocycles. The lowest BCUT2D eigenvalue weighted by Gasteiger charge is -2.32. The number of likely N-dealkylation sites (tertiary alicyclic amines) is 1. The van der Waals surface area contributed by atoms with Crippen molar-refractivity contribution in [1.29, 1.82) is 0 Å². The van der Waals surface area contributed by atoms with Crippen LogP contribution in [0, 0.1) is 23.5 Å². The molecule has 1 heterocycles. The van der Waals surface area contributed by atoms with Crippen molar-refractivity contribution in [1.82, 2.24) is 10.2 Å². The third kappa shape index (κ3) is 4.66. The summed E-state index contributed by atoms with van der Waals surface area (Å²) in [5, 5.41) is 5.13. The van der Waals surface area contributed by atoms with E-state index in [0.29, 0.717) is 31.8 Å². The Morgan fingerprint density at radius 2 is 1.96 bits per heavy atom. The number of carbonyl (C=O) groups is 2. The van der Waals surface area contributed by atoms with Gasteiger partial charge in [0.25, 0.3) is 0 Å². The number of rotatable bonds is 4. The topological polar surface area (TPSA) is 61.4 Å². The molecule has 1 aromatic carbocycles. The van der Waals surface area contributed by atoms with Gasteiger partial charge in [-0.2, -0.15) is 0 Å². The number of piperidine rings is 1. The van der Waals surface area contributed by atoms with Crippen LogP contribution >= 0.6 is 0 Å². The maximum absolute atomic E-state index is 13.6. The molecule has 0 aliphatic carbocycles. The van der Waals surface area contributed by atoms with Crippen molar-refractivity contribution in [3.05, 3.63) is 29.8 Å². The van der Waals surface area contributed by atoms with Gasteiger partial charge < -0.3 is 15.5 Å². The summed E-state index contributed by atoms with van der Waals surface area (Å²) in [6.45, 7) is 5.37. The van der Waals surface area contributed by atoms with E-state index in [4.69, 9.17) is 0 Å². The minimum atomic E-state index is -0.814. The minimum absolute atomic E-state index is 0.210. The molecule has 2 rings (SSSR count). The third-order valence-electron chi connectivity index (χ3n) is 3.95. The first-order chi connectivity index (χ1) is 11.4. The van der Waals surface area contributed by atoms with E-state index in [1.165, 1.54) is 6.07 Å². The molecule has 3 amide bonds. The molecule has 1 aromatic rings. The van der Waals surface area contributed by atoms with E-state index < -0.39 is 29.1 Å². The second-order valence-corrected chi connectivity index (χ2v) is 6.45. The van der Waals surface area contributed by atoms with Gasteiger partial charge in [0.2, 0.25) is 5.91 Å². The quantitative estimate of drug-likeness (QED) is 0.886. The molecule has 0 spiro atoms. The number of anilines is 1. The van der Waals surface area contributed by atoms with Crippen LogP contribution in [0.5, 0.6) is 0 Å². The van der Waals surface area contributed by atoms with E-state index in [0.717, 1.165) is 12.1 Å². The molecule has 1 unspecified atom stereocenters. The van der Waals surface area contributed by atoms with E-state index in [-0.39, 0.29) is 12.6 Å². The first kappa shape index (κ1) is 18.2. The Morgan fingerprint density at radius 3 is 2.58 bits per heavy atom. The summed E-state index contributed by atoms with van der Waals surface area (Å²) in [7, 11) is 0. The summed E-state index contributed by atoms with van der Waals surface area (Å²) in [6, 6.07) is 3.20. The molecule has 1 aliphatic rings. The Balaban J connectivity index is 1.96. The molecule has 132 valence electrons. The van der Waals surface area contributed by atoms with Crippen LogP contribution in [0.2, 0.25) is 0 Å². The van der Waals surface area contributed by atoms with Gasteiger partial charge in [0.1, 0.15) is 17.3 Å². The number of benzene rings is 1. The summed E-state index contributed by atoms with van der Waals surface area (Å²) >= 11 is 0. The van der Waals surface area contributed by atoms with Crippen molar-refractivity contribution in [2.75, 3.05) is 25.0 Å². The zero-order valence-electron chi connectivity index (χ0n) is 13.9. The summed E-state index contributed by atoms with van der Waals surface area (Å²) in [5.74, 6) is -2.25. The second kappa shape index (κ2) is 8.08. The number of carbonyl (C=O) groups excluding carboxylic acids is 2. The smallest absolute Gasteiger partial charge is 0.317 e. The highest BCUT2D eigenvalue weighted by Crippen LogP contribution is 2.22. The molecule has 0 saturated carbocycles. The van der Waals surface area contributed by atoms with Crippen LogP contribution in [-0.4, -0.2) is 36.5 Å². The molecule has 0 radical (unpaired) electrons. The Labute approximate surface area is 140 Å². The average molecular weight is 339 g/mol. The number of urea groups is 1. The lowest BCUT2D eigenvalue weighted by molar-refractivity contribution is -0.121. The van der Waals surface area contributed by atoms with E-state index in [1.54, 1.807) is 4.90 Å². The Hall–Kier alpha value is -2.18. The number of hydrogen-bond donors (Lipinski definition) is 2. The summed E-state index contributed by atoms with van der Waals surface area (Å²) < 4.78 is 27.3. The molecule has 1 fully saturated rings. The third-order valence-corrected chi connectivity index (χ3v) is 3.95. The van der Waals surface area contributed by atoms with Crippen molar-refractivity contribution in [3.63, 3.8) is 0 Å². The maximum atomic E-state index is 13.6. The number of para-hydroxylation sites is 1. The predicted molar refractivity (Wildman–Crippen MR) is 87.5 cm³/mol. The van der Waals surface area contributed by atoms with Gasteiger partial charge in [0.15, 0.2) is 0 Å². The van der Waals surface area contributed by atoms with Crippen molar-refractivity contribution < 1.29 is 18.4 Å². The minimum Gasteiger partial charge on any atom is -0.338 e. The van der Waals surface area contributed by atoms with E-state index in [2.05, 4.69) is 10.6 Å². The highest BCUT2D eigenvalue weighted by atomic mass is 19.1. The van der Waals surface area contributed by atoms with Crippen molar-refractivity contribution >= 4 is 17.6 Å². The molecule has 5 nitrogen and oxygen atoms in total. The maximum Gasteiger partial charge on any atom is 0.317 e. The number of nitrogens with one attached hydrogen (secondary N) is 2. The standard InChI is InChI=1S/C17H23F2N3O2/c1-11(2)9-20-17(24)22-8-4-5-12(10-22)16(23)21-15-13(18)6-3-7-14(15)19/h3,6-7,11-12H,4-5,8-10H2,1-2H3,(H,20,24)(H,21,23). The van der Waals surface area contributed by atoms with Crippen LogP contribution < -0.4 is 10.6 Å². The predicted octanol–water partition coefficient (Wildman–Crippen LogP) is 2.98. The molecule has 0 bridgehead atoms.